The smallest absolute Gasteiger partial charge is 0.267 e. The van der Waals surface area contributed by atoms with Crippen LogP contribution in [0.2, 0.25) is 2.82 Å². The summed E-state index contributed by atoms with van der Waals surface area (Å²) in [5.41, 5.74) is -0.320. The molecule has 0 saturated carbocycles. The Hall–Kier alpha value is -3.95. The molecule has 10 nitrogen and oxygen atoms in total. The highest BCUT2D eigenvalue weighted by molar-refractivity contribution is 5.91. The Morgan fingerprint density at radius 1 is 1.18 bits per heavy atom. The predicted octanol–water partition coefficient (Wildman–Crippen LogP) is 1.72. The second-order valence-electron chi connectivity index (χ2n) is 6.90. The molecule has 2 N–H and O–H groups in total. The van der Waals surface area contributed by atoms with Crippen molar-refractivity contribution >= 4 is 28.6 Å². The maximum Gasteiger partial charge on any atom is 0.267 e. The summed E-state index contributed by atoms with van der Waals surface area (Å²) in [5, 5.41) is -0.261. The Balaban J connectivity index is 1.57. The van der Waals surface area contributed by atoms with Gasteiger partial charge in [0, 0.05) is 37.5 Å². The highest BCUT2D eigenvalue weighted by Crippen LogP contribution is 2.34. The lowest BCUT2D eigenvalue weighted by atomic mass is 10.2. The molecule has 33 heavy (non-hydrogen) atoms. The number of benzene rings is 2. The topological polar surface area (TPSA) is 112 Å². The van der Waals surface area contributed by atoms with Gasteiger partial charge in [0.25, 0.3) is 5.91 Å². The first-order chi connectivity index (χ1) is 20.0. The van der Waals surface area contributed by atoms with E-state index in [4.69, 9.17) is 32.7 Å². The van der Waals surface area contributed by atoms with Crippen molar-refractivity contribution < 1.29 is 37.5 Å². The normalized spacial score (nSPS) is 26.5. The molecule has 1 amide bonds. The number of ether oxygens (including phenoxy) is 4. The average molecular weight is 462 g/mol. The standard InChI is InChI=1S/C23H25N5O5/c1-30-18-11-14-15(12-19(18)31-2)25-23(26-21(14)24)28-9-7-27(8-10-28)22(29)20-13-32-16-5-3-4-6-17(16)33-20/h3-6,11-12,20H,7-10,13H2,1-2H3,(H2,24,25,26)/i9D2,10D2,11D,12D,13D2/hD2. The maximum absolute atomic E-state index is 13.5. The summed E-state index contributed by atoms with van der Waals surface area (Å²) in [7, 11) is 2.45. The van der Waals surface area contributed by atoms with Gasteiger partial charge in [-0.25, -0.2) is 4.98 Å². The summed E-state index contributed by atoms with van der Waals surface area (Å²) in [4.78, 5) is 23.0. The second-order valence-corrected chi connectivity index (χ2v) is 6.90. The fourth-order valence-electron chi connectivity index (χ4n) is 3.25. The summed E-state index contributed by atoms with van der Waals surface area (Å²) < 4.78 is 106. The lowest BCUT2D eigenvalue weighted by Crippen LogP contribution is -2.54. The third-order valence-corrected chi connectivity index (χ3v) is 4.91. The Morgan fingerprint density at radius 2 is 1.91 bits per heavy atom. The van der Waals surface area contributed by atoms with E-state index < -0.39 is 68.5 Å². The number of methoxy groups -OCH3 is 2. The number of aromatic nitrogens is 2. The summed E-state index contributed by atoms with van der Waals surface area (Å²) in [6.07, 6.45) is -1.88. The van der Waals surface area contributed by atoms with Gasteiger partial charge >= 0.3 is 0 Å². The van der Waals surface area contributed by atoms with Crippen molar-refractivity contribution in [3.05, 3.63) is 36.4 Å². The Labute approximate surface area is 205 Å². The summed E-state index contributed by atoms with van der Waals surface area (Å²) >= 11 is 0. The summed E-state index contributed by atoms with van der Waals surface area (Å²) in [6, 6.07) is 5.24. The van der Waals surface area contributed by atoms with Crippen LogP contribution in [0.5, 0.6) is 23.0 Å². The van der Waals surface area contributed by atoms with Crippen molar-refractivity contribution in [1.82, 2.24) is 14.9 Å². The Bertz CT molecular complexity index is 1590. The van der Waals surface area contributed by atoms with Gasteiger partial charge in [0.15, 0.2) is 25.8 Å². The quantitative estimate of drug-likeness (QED) is 0.607. The monoisotopic (exact) mass is 461 g/mol. The maximum atomic E-state index is 13.5. The van der Waals surface area contributed by atoms with E-state index in [1.54, 1.807) is 12.1 Å². The highest BCUT2D eigenvalue weighted by Gasteiger charge is 2.33. The number of nitrogens with two attached hydrogens (primary N) is 1. The van der Waals surface area contributed by atoms with Gasteiger partial charge in [-0.3, -0.25) is 4.79 Å². The molecule has 3 aromatic rings. The zero-order chi connectivity index (χ0) is 31.6. The fourth-order valence-corrected chi connectivity index (χ4v) is 3.25. The molecule has 0 aliphatic carbocycles. The van der Waals surface area contributed by atoms with Crippen molar-refractivity contribution in [2.75, 3.05) is 57.5 Å². The number of para-hydroxylation sites is 2. The molecular weight excluding hydrogens is 426 g/mol. The highest BCUT2D eigenvalue weighted by atomic mass is 16.6. The first-order valence-corrected chi connectivity index (χ1v) is 9.78. The van der Waals surface area contributed by atoms with Crippen LogP contribution in [0.4, 0.5) is 11.8 Å². The molecule has 2 aliphatic heterocycles. The van der Waals surface area contributed by atoms with Crippen molar-refractivity contribution in [2.24, 2.45) is 0 Å². The van der Waals surface area contributed by atoms with Gasteiger partial charge in [0.05, 0.1) is 30.7 Å². The van der Waals surface area contributed by atoms with Crippen molar-refractivity contribution in [1.29, 1.82) is 0 Å². The van der Waals surface area contributed by atoms with Crippen molar-refractivity contribution in [3.63, 3.8) is 0 Å². The van der Waals surface area contributed by atoms with Gasteiger partial charge in [-0.1, -0.05) is 12.1 Å². The third-order valence-electron chi connectivity index (χ3n) is 4.91. The molecule has 0 bridgehead atoms. The number of anilines is 2. The van der Waals surface area contributed by atoms with E-state index in [1.165, 1.54) is 26.4 Å². The lowest BCUT2D eigenvalue weighted by molar-refractivity contribution is -0.141. The minimum Gasteiger partial charge on any atom is -0.493 e. The van der Waals surface area contributed by atoms with Crippen LogP contribution in [-0.4, -0.2) is 73.7 Å². The van der Waals surface area contributed by atoms with E-state index in [9.17, 15) is 4.79 Å². The SMILES string of the molecule is [2H]c1c(OC)c(OC)c([2H])c2c(N([2H])[2H])nc(N3C([2H])([2H])CN(C(=O)C4Oc5ccccc5OC4([2H])[2H])CC3([2H])[2H])nc12. The Kier molecular flexibility index (Phi) is 3.19. The first kappa shape index (κ1) is 12.3. The molecule has 1 fully saturated rings. The van der Waals surface area contributed by atoms with E-state index in [0.717, 1.165) is 4.90 Å². The minimum atomic E-state index is -2.75. The molecule has 2 aromatic carbocycles. The number of rotatable bonds is 5. The number of hydrogen-bond acceptors (Lipinski definition) is 9. The molecule has 5 rings (SSSR count). The Morgan fingerprint density at radius 3 is 2.64 bits per heavy atom. The zero-order valence-electron chi connectivity index (χ0n) is 27.6. The number of nitrogen functional groups attached to an aromatic ring is 1. The van der Waals surface area contributed by atoms with Crippen LogP contribution in [0.15, 0.2) is 36.4 Å². The molecular formula is C23H25N5O5. The van der Waals surface area contributed by atoms with Crippen molar-refractivity contribution in [2.45, 2.75) is 6.10 Å². The number of amides is 1. The van der Waals surface area contributed by atoms with E-state index in [1.807, 2.05) is 0 Å². The molecule has 0 spiro atoms. The molecule has 1 saturated heterocycles. The molecule has 1 atom stereocenters. The molecule has 3 heterocycles. The minimum absolute atomic E-state index is 0.0160. The number of nitrogens with zero attached hydrogens (tertiary/aromatic N) is 4. The summed E-state index contributed by atoms with van der Waals surface area (Å²) in [5.74, 6) is -2.55. The number of carbonyl (C=O) groups is 1. The van der Waals surface area contributed by atoms with Gasteiger partial charge in [0.2, 0.25) is 12.1 Å². The van der Waals surface area contributed by atoms with Crippen LogP contribution < -0.4 is 29.6 Å². The molecule has 172 valence electrons. The zero-order valence-corrected chi connectivity index (χ0v) is 17.6. The van der Waals surface area contributed by atoms with Gasteiger partial charge in [-0.2, -0.15) is 4.98 Å². The van der Waals surface area contributed by atoms with E-state index in [-0.39, 0.29) is 39.6 Å². The number of piperazine rings is 1. The number of hydrogen-bond donors (Lipinski definition) is 1. The van der Waals surface area contributed by atoms with Crippen LogP contribution >= 0.6 is 0 Å². The van der Waals surface area contributed by atoms with Crippen molar-refractivity contribution in [3.8, 4) is 23.0 Å². The van der Waals surface area contributed by atoms with Crippen LogP contribution in [0.1, 0.15) is 11.0 Å². The van der Waals surface area contributed by atoms with Crippen LogP contribution in [0.3, 0.4) is 0 Å². The molecule has 0 radical (unpaired) electrons. The summed E-state index contributed by atoms with van der Waals surface area (Å²) in [6.45, 7) is -9.76. The van der Waals surface area contributed by atoms with Gasteiger partial charge in [-0.15, -0.1) is 0 Å². The predicted molar refractivity (Wildman–Crippen MR) is 122 cm³/mol. The molecule has 2 aliphatic rings. The first-order valence-electron chi connectivity index (χ1n) is 14.7. The number of carbonyl (C=O) groups excluding carboxylic acids is 1. The van der Waals surface area contributed by atoms with E-state index in [2.05, 4.69) is 9.97 Å². The van der Waals surface area contributed by atoms with Gasteiger partial charge in [0.1, 0.15) is 12.4 Å². The average Bonchev–Trinajstić information content (AvgIpc) is 2.91. The molecule has 1 unspecified atom stereocenters. The van der Waals surface area contributed by atoms with Crippen LogP contribution in [0, 0.1) is 0 Å². The molecule has 10 heteroatoms. The van der Waals surface area contributed by atoms with Gasteiger partial charge < -0.3 is 34.5 Å². The molecule has 1 aromatic heterocycles. The van der Waals surface area contributed by atoms with E-state index >= 15 is 0 Å². The largest absolute Gasteiger partial charge is 0.493 e. The van der Waals surface area contributed by atoms with Crippen LogP contribution in [-0.2, 0) is 4.79 Å². The van der Waals surface area contributed by atoms with Gasteiger partial charge in [-0.05, 0) is 18.2 Å². The van der Waals surface area contributed by atoms with E-state index in [0.29, 0.717) is 4.90 Å². The second kappa shape index (κ2) is 8.53. The van der Waals surface area contributed by atoms with Crippen LogP contribution in [0.25, 0.3) is 10.9 Å². The fraction of sp³-hybridized carbons (Fsp3) is 0.348. The lowest BCUT2D eigenvalue weighted by Gasteiger charge is -2.37. The number of fused-ring (bicyclic) bond motifs is 2. The third kappa shape index (κ3) is 3.88.